The summed E-state index contributed by atoms with van der Waals surface area (Å²) in [5, 5.41) is 3.36. The van der Waals surface area contributed by atoms with Crippen LogP contribution in [0.5, 0.6) is 0 Å². The number of carbonyl (C=O) groups excluding carboxylic acids is 1. The van der Waals surface area contributed by atoms with Gasteiger partial charge in [-0.05, 0) is 39.3 Å². The predicted octanol–water partition coefficient (Wildman–Crippen LogP) is 2.71. The number of nitrogens with one attached hydrogen (secondary N) is 1. The minimum Gasteiger partial charge on any atom is -0.310 e. The normalized spacial score (nSPS) is 18.3. The first-order valence-electron chi connectivity index (χ1n) is 6.76. The second-order valence-electron chi connectivity index (χ2n) is 4.99. The molecule has 1 aromatic carbocycles. The maximum atomic E-state index is 12.4. The van der Waals surface area contributed by atoms with Crippen LogP contribution in [-0.2, 0) is 4.79 Å². The summed E-state index contributed by atoms with van der Waals surface area (Å²) in [6.07, 6.45) is 1.04. The number of hydrogen-bond acceptors (Lipinski definition) is 2. The van der Waals surface area contributed by atoms with Gasteiger partial charge in [-0.3, -0.25) is 4.79 Å². The molecule has 98 valence electrons. The molecule has 1 amide bonds. The van der Waals surface area contributed by atoms with E-state index in [1.54, 1.807) is 0 Å². The van der Waals surface area contributed by atoms with Crippen molar-refractivity contribution in [2.45, 2.75) is 40.2 Å². The van der Waals surface area contributed by atoms with Crippen LogP contribution in [0, 0.1) is 13.8 Å². The maximum Gasteiger partial charge on any atom is 0.248 e. The fourth-order valence-corrected chi connectivity index (χ4v) is 2.78. The summed E-state index contributed by atoms with van der Waals surface area (Å²) in [4.78, 5) is 14.3. The van der Waals surface area contributed by atoms with Crippen molar-refractivity contribution in [3.63, 3.8) is 0 Å². The highest BCUT2D eigenvalue weighted by molar-refractivity contribution is 6.05. The second kappa shape index (κ2) is 5.11. The first kappa shape index (κ1) is 13.1. The van der Waals surface area contributed by atoms with Crippen molar-refractivity contribution in [1.82, 2.24) is 5.32 Å². The third-order valence-electron chi connectivity index (χ3n) is 3.48. The van der Waals surface area contributed by atoms with E-state index in [9.17, 15) is 4.79 Å². The number of aryl methyl sites for hydroxylation is 2. The van der Waals surface area contributed by atoms with Crippen molar-refractivity contribution < 1.29 is 4.79 Å². The Morgan fingerprint density at radius 1 is 1.28 bits per heavy atom. The molecule has 0 bridgehead atoms. The first-order chi connectivity index (χ1) is 8.60. The van der Waals surface area contributed by atoms with E-state index in [4.69, 9.17) is 0 Å². The monoisotopic (exact) mass is 246 g/mol. The van der Waals surface area contributed by atoms with Crippen LogP contribution in [0.3, 0.4) is 0 Å². The van der Waals surface area contributed by atoms with E-state index in [0.717, 1.165) is 30.8 Å². The van der Waals surface area contributed by atoms with Gasteiger partial charge in [-0.2, -0.15) is 0 Å². The summed E-state index contributed by atoms with van der Waals surface area (Å²) >= 11 is 0. The fraction of sp³-hybridized carbons (Fsp3) is 0.533. The standard InChI is InChI=1S/C15H22N2O/c1-5-7-16-13-12-9-10(3)8-11(4)14(12)17(6-2)15(13)18/h8-9,13,16H,5-7H2,1-4H3. The number of anilines is 1. The highest BCUT2D eigenvalue weighted by atomic mass is 16.2. The molecule has 1 N–H and O–H groups in total. The van der Waals surface area contributed by atoms with Gasteiger partial charge < -0.3 is 10.2 Å². The molecule has 1 aliphatic heterocycles. The summed E-state index contributed by atoms with van der Waals surface area (Å²) < 4.78 is 0. The zero-order valence-electron chi connectivity index (χ0n) is 11.7. The van der Waals surface area contributed by atoms with Crippen molar-refractivity contribution in [1.29, 1.82) is 0 Å². The summed E-state index contributed by atoms with van der Waals surface area (Å²) in [5.41, 5.74) is 4.68. The zero-order chi connectivity index (χ0) is 13.3. The maximum absolute atomic E-state index is 12.4. The predicted molar refractivity (Wildman–Crippen MR) is 75.0 cm³/mol. The number of hydrogen-bond donors (Lipinski definition) is 1. The van der Waals surface area contributed by atoms with Gasteiger partial charge in [0, 0.05) is 12.1 Å². The summed E-state index contributed by atoms with van der Waals surface area (Å²) in [5.74, 6) is 0.189. The molecule has 0 aliphatic carbocycles. The van der Waals surface area contributed by atoms with Crippen molar-refractivity contribution >= 4 is 11.6 Å². The van der Waals surface area contributed by atoms with E-state index < -0.39 is 0 Å². The van der Waals surface area contributed by atoms with Gasteiger partial charge in [0.15, 0.2) is 0 Å². The number of benzene rings is 1. The van der Waals surface area contributed by atoms with Crippen LogP contribution in [0.15, 0.2) is 12.1 Å². The number of likely N-dealkylation sites (N-methyl/N-ethyl adjacent to an activating group) is 1. The van der Waals surface area contributed by atoms with Gasteiger partial charge in [-0.25, -0.2) is 0 Å². The summed E-state index contributed by atoms with van der Waals surface area (Å²) in [6.45, 7) is 9.93. The van der Waals surface area contributed by atoms with Crippen molar-refractivity contribution in [2.24, 2.45) is 0 Å². The van der Waals surface area contributed by atoms with Gasteiger partial charge in [0.25, 0.3) is 0 Å². The minimum atomic E-state index is -0.154. The number of rotatable bonds is 4. The lowest BCUT2D eigenvalue weighted by Crippen LogP contribution is -2.34. The molecule has 2 rings (SSSR count). The molecule has 3 nitrogen and oxygen atoms in total. The average Bonchev–Trinajstić information content (AvgIpc) is 2.59. The van der Waals surface area contributed by atoms with E-state index in [-0.39, 0.29) is 11.9 Å². The fourth-order valence-electron chi connectivity index (χ4n) is 2.78. The quantitative estimate of drug-likeness (QED) is 0.886. The van der Waals surface area contributed by atoms with E-state index in [1.807, 2.05) is 11.8 Å². The Morgan fingerprint density at radius 2 is 2.00 bits per heavy atom. The molecule has 0 radical (unpaired) electrons. The van der Waals surface area contributed by atoms with Gasteiger partial charge in [0.2, 0.25) is 5.91 Å². The summed E-state index contributed by atoms with van der Waals surface area (Å²) in [7, 11) is 0. The van der Waals surface area contributed by atoms with E-state index in [1.165, 1.54) is 11.1 Å². The first-order valence-corrected chi connectivity index (χ1v) is 6.76. The number of nitrogens with zero attached hydrogens (tertiary/aromatic N) is 1. The van der Waals surface area contributed by atoms with Crippen molar-refractivity contribution in [3.05, 3.63) is 28.8 Å². The van der Waals surface area contributed by atoms with E-state index in [0.29, 0.717) is 0 Å². The lowest BCUT2D eigenvalue weighted by Gasteiger charge is -2.17. The Labute approximate surface area is 109 Å². The third kappa shape index (κ3) is 2.03. The SMILES string of the molecule is CCCNC1C(=O)N(CC)c2c(C)cc(C)cc21. The van der Waals surface area contributed by atoms with Gasteiger partial charge in [0.1, 0.15) is 6.04 Å². The van der Waals surface area contributed by atoms with Crippen LogP contribution in [-0.4, -0.2) is 19.0 Å². The smallest absolute Gasteiger partial charge is 0.248 e. The topological polar surface area (TPSA) is 32.3 Å². The average molecular weight is 246 g/mol. The molecule has 3 heteroatoms. The molecule has 0 saturated heterocycles. The van der Waals surface area contributed by atoms with Gasteiger partial charge in [-0.15, -0.1) is 0 Å². The lowest BCUT2D eigenvalue weighted by atomic mass is 10.0. The highest BCUT2D eigenvalue weighted by Gasteiger charge is 2.36. The van der Waals surface area contributed by atoms with E-state index in [2.05, 4.69) is 38.2 Å². The Hall–Kier alpha value is -1.35. The van der Waals surface area contributed by atoms with Gasteiger partial charge in [-0.1, -0.05) is 24.6 Å². The lowest BCUT2D eigenvalue weighted by molar-refractivity contribution is -0.119. The molecule has 0 fully saturated rings. The molecule has 0 aromatic heterocycles. The Morgan fingerprint density at radius 3 is 2.61 bits per heavy atom. The molecule has 1 aromatic rings. The Bertz CT molecular complexity index is 468. The molecule has 1 atom stereocenters. The van der Waals surface area contributed by atoms with E-state index >= 15 is 0 Å². The molecule has 18 heavy (non-hydrogen) atoms. The van der Waals surface area contributed by atoms with Crippen LogP contribution in [0.1, 0.15) is 43.0 Å². The number of carbonyl (C=O) groups is 1. The number of fused-ring (bicyclic) bond motifs is 1. The number of amides is 1. The molecular formula is C15H22N2O. The van der Waals surface area contributed by atoms with Gasteiger partial charge >= 0.3 is 0 Å². The molecule has 0 spiro atoms. The van der Waals surface area contributed by atoms with Crippen molar-refractivity contribution in [2.75, 3.05) is 18.0 Å². The molecule has 1 unspecified atom stereocenters. The minimum absolute atomic E-state index is 0.154. The van der Waals surface area contributed by atoms with Crippen LogP contribution in [0.25, 0.3) is 0 Å². The van der Waals surface area contributed by atoms with Crippen LogP contribution in [0.2, 0.25) is 0 Å². The third-order valence-corrected chi connectivity index (χ3v) is 3.48. The second-order valence-corrected chi connectivity index (χ2v) is 4.99. The molecule has 1 heterocycles. The van der Waals surface area contributed by atoms with Crippen molar-refractivity contribution in [3.8, 4) is 0 Å². The molecule has 0 saturated carbocycles. The zero-order valence-corrected chi connectivity index (χ0v) is 11.7. The van der Waals surface area contributed by atoms with Crippen LogP contribution >= 0.6 is 0 Å². The van der Waals surface area contributed by atoms with Crippen LogP contribution < -0.4 is 10.2 Å². The molecule has 1 aliphatic rings. The molecular weight excluding hydrogens is 224 g/mol. The van der Waals surface area contributed by atoms with Crippen LogP contribution in [0.4, 0.5) is 5.69 Å². The Kier molecular flexibility index (Phi) is 3.71. The highest BCUT2D eigenvalue weighted by Crippen LogP contribution is 2.38. The Balaban J connectivity index is 2.46. The largest absolute Gasteiger partial charge is 0.310 e. The van der Waals surface area contributed by atoms with Gasteiger partial charge in [0.05, 0.1) is 5.69 Å². The summed E-state index contributed by atoms with van der Waals surface area (Å²) in [6, 6.07) is 4.14.